The van der Waals surface area contributed by atoms with Crippen LogP contribution in [0.5, 0.6) is 0 Å². The van der Waals surface area contributed by atoms with Gasteiger partial charge >= 0.3 is 6.97 Å². The number of rotatable bonds is 1. The predicted molar refractivity (Wildman–Crippen MR) is 82.7 cm³/mol. The largest absolute Gasteiger partial charge is 0.737 e. The van der Waals surface area contributed by atoms with E-state index in [0.717, 1.165) is 16.7 Å². The van der Waals surface area contributed by atoms with Crippen molar-refractivity contribution in [2.24, 2.45) is 0 Å². The Morgan fingerprint density at radius 3 is 2.50 bits per heavy atom. The number of hydrogen-bond acceptors (Lipinski definition) is 0. The molecule has 0 amide bonds. The lowest BCUT2D eigenvalue weighted by Crippen LogP contribution is -2.51. The standard InChI is InChI=1S/C14H16BBrF2N2/c1-8-5-10(3)19-13(8)12(7-16)14-9(2)6-11(4)20(14)15(19,17)18/h5-6H,7H2,1-4H3. The van der Waals surface area contributed by atoms with Crippen LogP contribution in [0.4, 0.5) is 8.63 Å². The molecule has 2 nitrogen and oxygen atoms in total. The molecule has 106 valence electrons. The Morgan fingerprint density at radius 2 is 1.90 bits per heavy atom. The van der Waals surface area contributed by atoms with Crippen molar-refractivity contribution in [2.75, 3.05) is 5.33 Å². The maximum Gasteiger partial charge on any atom is 0.737 e. The highest BCUT2D eigenvalue weighted by molar-refractivity contribution is 9.09. The minimum atomic E-state index is -3.82. The molecule has 1 aromatic heterocycles. The SMILES string of the molecule is CC1=CC(C)=[N+]2C1=C(CBr)c1c(C)cc(C)n1[B-]2(F)F. The highest BCUT2D eigenvalue weighted by Gasteiger charge is 2.54. The molecule has 0 saturated carbocycles. The fraction of sp³-hybridized carbons (Fsp3) is 0.357. The van der Waals surface area contributed by atoms with Crippen LogP contribution in [0.2, 0.25) is 0 Å². The molecule has 1 aromatic rings. The molecule has 3 rings (SSSR count). The number of halogens is 3. The van der Waals surface area contributed by atoms with Gasteiger partial charge in [-0.3, -0.25) is 0 Å². The van der Waals surface area contributed by atoms with Gasteiger partial charge in [0.05, 0.1) is 5.57 Å². The molecule has 0 aliphatic carbocycles. The van der Waals surface area contributed by atoms with Gasteiger partial charge in [-0.1, -0.05) is 15.9 Å². The van der Waals surface area contributed by atoms with Gasteiger partial charge in [0, 0.05) is 29.6 Å². The molecular weight excluding hydrogens is 325 g/mol. The zero-order chi connectivity index (χ0) is 14.8. The van der Waals surface area contributed by atoms with E-state index in [1.54, 1.807) is 13.8 Å². The predicted octanol–water partition coefficient (Wildman–Crippen LogP) is 3.88. The Balaban J connectivity index is 2.48. The van der Waals surface area contributed by atoms with Crippen molar-refractivity contribution in [2.45, 2.75) is 27.7 Å². The van der Waals surface area contributed by atoms with E-state index in [1.807, 2.05) is 26.0 Å². The molecule has 2 aliphatic rings. The van der Waals surface area contributed by atoms with Gasteiger partial charge in [-0.05, 0) is 38.1 Å². The number of allylic oxidation sites excluding steroid dienone is 3. The molecule has 0 bridgehead atoms. The summed E-state index contributed by atoms with van der Waals surface area (Å²) in [5, 5.41) is 0.563. The van der Waals surface area contributed by atoms with Gasteiger partial charge in [0.2, 0.25) is 0 Å². The molecule has 3 heterocycles. The van der Waals surface area contributed by atoms with Crippen LogP contribution in [0.1, 0.15) is 30.8 Å². The summed E-state index contributed by atoms with van der Waals surface area (Å²) in [6.45, 7) is 3.46. The summed E-state index contributed by atoms with van der Waals surface area (Å²) < 4.78 is 32.4. The number of fused-ring (bicyclic) bond motifs is 2. The Kier molecular flexibility index (Phi) is 2.87. The Hall–Kier alpha value is -1.17. The lowest BCUT2D eigenvalue weighted by molar-refractivity contribution is -0.363. The normalized spacial score (nSPS) is 20.2. The van der Waals surface area contributed by atoms with Crippen molar-refractivity contribution in [1.82, 2.24) is 4.48 Å². The van der Waals surface area contributed by atoms with E-state index < -0.39 is 6.97 Å². The minimum Gasteiger partial charge on any atom is -0.394 e. The molecule has 0 radical (unpaired) electrons. The van der Waals surface area contributed by atoms with Gasteiger partial charge in [0.1, 0.15) is 5.71 Å². The average molecular weight is 341 g/mol. The zero-order valence-electron chi connectivity index (χ0n) is 12.0. The maximum absolute atomic E-state index is 15.0. The van der Waals surface area contributed by atoms with Crippen molar-refractivity contribution in [3.8, 4) is 0 Å². The van der Waals surface area contributed by atoms with Crippen LogP contribution in [0.15, 0.2) is 23.4 Å². The van der Waals surface area contributed by atoms with Crippen LogP contribution in [0.25, 0.3) is 5.57 Å². The number of nitrogens with zero attached hydrogens (tertiary/aromatic N) is 2. The van der Waals surface area contributed by atoms with Crippen LogP contribution in [0.3, 0.4) is 0 Å². The van der Waals surface area contributed by atoms with E-state index >= 15 is 8.63 Å². The van der Waals surface area contributed by atoms with Crippen LogP contribution >= 0.6 is 15.9 Å². The van der Waals surface area contributed by atoms with Crippen molar-refractivity contribution in [1.29, 1.82) is 0 Å². The first kappa shape index (κ1) is 13.8. The second-order valence-corrected chi connectivity index (χ2v) is 6.14. The van der Waals surface area contributed by atoms with Crippen molar-refractivity contribution < 1.29 is 13.1 Å². The summed E-state index contributed by atoms with van der Waals surface area (Å²) >= 11 is 3.47. The van der Waals surface area contributed by atoms with E-state index in [9.17, 15) is 0 Å². The van der Waals surface area contributed by atoms with Gasteiger partial charge in [0.25, 0.3) is 0 Å². The monoisotopic (exact) mass is 340 g/mol. The van der Waals surface area contributed by atoms with E-state index in [-0.39, 0.29) is 0 Å². The molecular formula is C14H16BBrF2N2. The number of aromatic nitrogens is 1. The highest BCUT2D eigenvalue weighted by atomic mass is 79.9. The summed E-state index contributed by atoms with van der Waals surface area (Å²) in [4.78, 5) is 0. The Bertz CT molecular complexity index is 726. The number of aryl methyl sites for hydroxylation is 2. The topological polar surface area (TPSA) is 7.94 Å². The van der Waals surface area contributed by atoms with E-state index in [4.69, 9.17) is 0 Å². The molecule has 6 heteroatoms. The van der Waals surface area contributed by atoms with Crippen LogP contribution in [-0.4, -0.2) is 27.0 Å². The summed E-state index contributed by atoms with van der Waals surface area (Å²) in [6.07, 6.45) is 1.84. The van der Waals surface area contributed by atoms with Crippen LogP contribution in [-0.2, 0) is 0 Å². The lowest BCUT2D eigenvalue weighted by atomic mass is 9.86. The third-order valence-corrected chi connectivity index (χ3v) is 4.73. The van der Waals surface area contributed by atoms with Crippen LogP contribution < -0.4 is 0 Å². The summed E-state index contributed by atoms with van der Waals surface area (Å²) in [5.41, 5.74) is 5.30. The maximum atomic E-state index is 15.0. The van der Waals surface area contributed by atoms with Gasteiger partial charge < -0.3 is 17.6 Å². The molecule has 0 spiro atoms. The second kappa shape index (κ2) is 4.17. The van der Waals surface area contributed by atoms with Gasteiger partial charge in [-0.25, -0.2) is 0 Å². The molecule has 0 atom stereocenters. The first-order chi connectivity index (χ1) is 9.30. The van der Waals surface area contributed by atoms with Gasteiger partial charge in [0.15, 0.2) is 5.70 Å². The zero-order valence-corrected chi connectivity index (χ0v) is 13.6. The molecule has 0 unspecified atom stereocenters. The molecule has 0 N–H and O–H groups in total. The molecule has 2 aliphatic heterocycles. The summed E-state index contributed by atoms with van der Waals surface area (Å²) in [6, 6.07) is 1.84. The smallest absolute Gasteiger partial charge is 0.394 e. The highest BCUT2D eigenvalue weighted by Crippen LogP contribution is 2.41. The van der Waals surface area contributed by atoms with Crippen molar-refractivity contribution in [3.63, 3.8) is 0 Å². The quantitative estimate of drug-likeness (QED) is 0.541. The Labute approximate surface area is 125 Å². The number of alkyl halides is 1. The molecule has 0 aromatic carbocycles. The molecule has 0 fully saturated rings. The van der Waals surface area contributed by atoms with Crippen molar-refractivity contribution >= 4 is 34.2 Å². The summed E-state index contributed by atoms with van der Waals surface area (Å²) in [5.74, 6) is 0. The molecule has 0 saturated heterocycles. The minimum absolute atomic E-state index is 0.563. The van der Waals surface area contributed by atoms with E-state index in [2.05, 4.69) is 15.9 Å². The lowest BCUT2D eigenvalue weighted by Gasteiger charge is -2.33. The fourth-order valence-corrected chi connectivity index (χ4v) is 4.09. The van der Waals surface area contributed by atoms with Crippen LogP contribution in [0, 0.1) is 13.8 Å². The third-order valence-electron chi connectivity index (χ3n) is 4.17. The Morgan fingerprint density at radius 1 is 1.25 bits per heavy atom. The van der Waals surface area contributed by atoms with Gasteiger partial charge in [-0.15, -0.1) is 0 Å². The van der Waals surface area contributed by atoms with E-state index in [0.29, 0.717) is 28.1 Å². The summed E-state index contributed by atoms with van der Waals surface area (Å²) in [7, 11) is 0. The first-order valence-corrected chi connectivity index (χ1v) is 7.74. The fourth-order valence-electron chi connectivity index (χ4n) is 3.56. The third kappa shape index (κ3) is 1.51. The van der Waals surface area contributed by atoms with Gasteiger partial charge in [-0.2, -0.15) is 0 Å². The second-order valence-electron chi connectivity index (χ2n) is 5.58. The first-order valence-electron chi connectivity index (χ1n) is 6.62. The van der Waals surface area contributed by atoms with E-state index in [1.165, 1.54) is 8.96 Å². The molecule has 20 heavy (non-hydrogen) atoms. The average Bonchev–Trinajstić information content (AvgIpc) is 2.79. The number of hydrogen-bond donors (Lipinski definition) is 0. The van der Waals surface area contributed by atoms with Crippen molar-refractivity contribution in [3.05, 3.63) is 40.4 Å².